The van der Waals surface area contributed by atoms with E-state index in [1.165, 1.54) is 0 Å². The van der Waals surface area contributed by atoms with E-state index >= 15 is 0 Å². The maximum atomic E-state index is 12.2. The van der Waals surface area contributed by atoms with Crippen LogP contribution in [-0.2, 0) is 17.8 Å². The van der Waals surface area contributed by atoms with Crippen LogP contribution in [0.2, 0.25) is 0 Å². The molecule has 0 aliphatic rings. The van der Waals surface area contributed by atoms with Crippen molar-refractivity contribution in [2.24, 2.45) is 0 Å². The Morgan fingerprint density at radius 2 is 1.72 bits per heavy atom. The van der Waals surface area contributed by atoms with Gasteiger partial charge in [0.1, 0.15) is 17.3 Å². The number of ether oxygens (including phenoxy) is 1. The van der Waals surface area contributed by atoms with Gasteiger partial charge in [-0.2, -0.15) is 0 Å². The van der Waals surface area contributed by atoms with Crippen LogP contribution in [0.1, 0.15) is 24.2 Å². The van der Waals surface area contributed by atoms with Crippen molar-refractivity contribution in [3.8, 4) is 11.5 Å². The second-order valence-electron chi connectivity index (χ2n) is 6.89. The number of imidazole rings is 1. The number of nitrogens with zero attached hydrogens (tertiary/aromatic N) is 1. The highest BCUT2D eigenvalue weighted by Gasteiger charge is 2.06. The number of fused-ring (bicyclic) bond motifs is 1. The van der Waals surface area contributed by atoms with Crippen LogP contribution in [0.15, 0.2) is 78.9 Å². The molecule has 0 bridgehead atoms. The molecule has 1 heterocycles. The SMILES string of the molecule is O=C(CCCc1nc2ccccc2[nH]1)NCc1cccc(Oc2ccccc2)c1. The smallest absolute Gasteiger partial charge is 0.220 e. The lowest BCUT2D eigenvalue weighted by Crippen LogP contribution is -2.22. The molecule has 0 saturated carbocycles. The molecule has 0 radical (unpaired) electrons. The summed E-state index contributed by atoms with van der Waals surface area (Å²) in [4.78, 5) is 20.0. The number of carbonyl (C=O) groups excluding carboxylic acids is 1. The van der Waals surface area contributed by atoms with Gasteiger partial charge >= 0.3 is 0 Å². The second kappa shape index (κ2) is 9.06. The highest BCUT2D eigenvalue weighted by Crippen LogP contribution is 2.21. The number of carbonyl (C=O) groups is 1. The molecule has 0 saturated heterocycles. The predicted octanol–water partition coefficient (Wildman–Crippen LogP) is 4.99. The number of aryl methyl sites for hydroxylation is 1. The normalized spacial score (nSPS) is 10.8. The van der Waals surface area contributed by atoms with Crippen LogP contribution in [-0.4, -0.2) is 15.9 Å². The summed E-state index contributed by atoms with van der Waals surface area (Å²) in [6.45, 7) is 0.482. The maximum Gasteiger partial charge on any atom is 0.220 e. The van der Waals surface area contributed by atoms with E-state index in [0.29, 0.717) is 13.0 Å². The zero-order valence-electron chi connectivity index (χ0n) is 16.1. The largest absolute Gasteiger partial charge is 0.457 e. The Hall–Kier alpha value is -3.60. The van der Waals surface area contributed by atoms with E-state index < -0.39 is 0 Å². The molecule has 0 atom stereocenters. The van der Waals surface area contributed by atoms with Crippen molar-refractivity contribution in [2.75, 3.05) is 0 Å². The number of aromatic nitrogens is 2. The number of aromatic amines is 1. The third-order valence-corrected chi connectivity index (χ3v) is 4.62. The first-order valence-corrected chi connectivity index (χ1v) is 9.78. The summed E-state index contributed by atoms with van der Waals surface area (Å²) in [6.07, 6.45) is 1.97. The van der Waals surface area contributed by atoms with Crippen molar-refractivity contribution in [1.29, 1.82) is 0 Å². The predicted molar refractivity (Wildman–Crippen MR) is 114 cm³/mol. The number of hydrogen-bond donors (Lipinski definition) is 2. The molecule has 1 amide bonds. The van der Waals surface area contributed by atoms with Gasteiger partial charge in [0.25, 0.3) is 0 Å². The van der Waals surface area contributed by atoms with Crippen molar-refractivity contribution in [3.05, 3.63) is 90.3 Å². The fraction of sp³-hybridized carbons (Fsp3) is 0.167. The van der Waals surface area contributed by atoms with E-state index in [2.05, 4.69) is 15.3 Å². The van der Waals surface area contributed by atoms with Gasteiger partial charge in [-0.15, -0.1) is 0 Å². The fourth-order valence-corrected chi connectivity index (χ4v) is 3.17. The molecule has 0 aliphatic carbocycles. The molecule has 0 aliphatic heterocycles. The Balaban J connectivity index is 1.23. The van der Waals surface area contributed by atoms with Gasteiger partial charge in [-0.3, -0.25) is 4.79 Å². The average molecular weight is 385 g/mol. The molecule has 4 rings (SSSR count). The van der Waals surface area contributed by atoms with E-state index in [-0.39, 0.29) is 5.91 Å². The number of benzene rings is 3. The molecule has 146 valence electrons. The molecule has 5 heteroatoms. The third-order valence-electron chi connectivity index (χ3n) is 4.62. The van der Waals surface area contributed by atoms with E-state index in [0.717, 1.165) is 46.8 Å². The minimum Gasteiger partial charge on any atom is -0.457 e. The molecule has 1 aromatic heterocycles. The summed E-state index contributed by atoms with van der Waals surface area (Å²) in [5.41, 5.74) is 3.00. The molecule has 29 heavy (non-hydrogen) atoms. The summed E-state index contributed by atoms with van der Waals surface area (Å²) in [5.74, 6) is 2.51. The van der Waals surface area contributed by atoms with Crippen LogP contribution in [0.25, 0.3) is 11.0 Å². The highest BCUT2D eigenvalue weighted by molar-refractivity contribution is 5.76. The first kappa shape index (κ1) is 18.7. The van der Waals surface area contributed by atoms with Crippen LogP contribution in [0.4, 0.5) is 0 Å². The second-order valence-corrected chi connectivity index (χ2v) is 6.89. The molecule has 4 aromatic rings. The number of rotatable bonds is 8. The first-order valence-electron chi connectivity index (χ1n) is 9.78. The first-order chi connectivity index (χ1) is 14.3. The zero-order valence-corrected chi connectivity index (χ0v) is 16.1. The monoisotopic (exact) mass is 385 g/mol. The minimum atomic E-state index is 0.0375. The quantitative estimate of drug-likeness (QED) is 0.449. The van der Waals surface area contributed by atoms with Crippen molar-refractivity contribution in [2.45, 2.75) is 25.8 Å². The fourth-order valence-electron chi connectivity index (χ4n) is 3.17. The Morgan fingerprint density at radius 1 is 0.931 bits per heavy atom. The summed E-state index contributed by atoms with van der Waals surface area (Å²) in [5, 5.41) is 2.98. The number of nitrogens with one attached hydrogen (secondary N) is 2. The van der Waals surface area contributed by atoms with Gasteiger partial charge in [0.2, 0.25) is 5.91 Å². The van der Waals surface area contributed by atoms with E-state index in [4.69, 9.17) is 4.74 Å². The van der Waals surface area contributed by atoms with Crippen LogP contribution in [0, 0.1) is 0 Å². The Kier molecular flexibility index (Phi) is 5.86. The van der Waals surface area contributed by atoms with Crippen molar-refractivity contribution < 1.29 is 9.53 Å². The number of amides is 1. The molecule has 5 nitrogen and oxygen atoms in total. The van der Waals surface area contributed by atoms with E-state index in [1.807, 2.05) is 78.9 Å². The summed E-state index contributed by atoms with van der Waals surface area (Å²) in [7, 11) is 0. The topological polar surface area (TPSA) is 67.0 Å². The Bertz CT molecular complexity index is 1060. The summed E-state index contributed by atoms with van der Waals surface area (Å²) in [6, 6.07) is 25.4. The van der Waals surface area contributed by atoms with Crippen molar-refractivity contribution >= 4 is 16.9 Å². The third kappa shape index (κ3) is 5.23. The standard InChI is InChI=1S/C24H23N3O2/c28-24(15-7-14-23-26-21-12-4-5-13-22(21)27-23)25-17-18-8-6-11-20(16-18)29-19-9-2-1-3-10-19/h1-6,8-13,16H,7,14-15,17H2,(H,25,28)(H,26,27). The lowest BCUT2D eigenvalue weighted by Gasteiger charge is -2.09. The highest BCUT2D eigenvalue weighted by atomic mass is 16.5. The molecule has 0 fully saturated rings. The van der Waals surface area contributed by atoms with E-state index in [9.17, 15) is 4.79 Å². The van der Waals surface area contributed by atoms with Gasteiger partial charge in [-0.25, -0.2) is 4.98 Å². The van der Waals surface area contributed by atoms with E-state index in [1.54, 1.807) is 0 Å². The van der Waals surface area contributed by atoms with Gasteiger partial charge < -0.3 is 15.0 Å². The Labute approximate surface area is 169 Å². The summed E-state index contributed by atoms with van der Waals surface area (Å²) < 4.78 is 5.84. The van der Waals surface area contributed by atoms with Crippen molar-refractivity contribution in [1.82, 2.24) is 15.3 Å². The Morgan fingerprint density at radius 3 is 2.59 bits per heavy atom. The molecular weight excluding hydrogens is 362 g/mol. The average Bonchev–Trinajstić information content (AvgIpc) is 3.16. The maximum absolute atomic E-state index is 12.2. The molecular formula is C24H23N3O2. The zero-order chi connectivity index (χ0) is 19.9. The van der Waals surface area contributed by atoms with Gasteiger partial charge in [-0.1, -0.05) is 42.5 Å². The van der Waals surface area contributed by atoms with Gasteiger partial charge in [0.15, 0.2) is 0 Å². The summed E-state index contributed by atoms with van der Waals surface area (Å²) >= 11 is 0. The number of para-hydroxylation sites is 3. The lowest BCUT2D eigenvalue weighted by atomic mass is 10.2. The van der Waals surface area contributed by atoms with Gasteiger partial charge in [0, 0.05) is 19.4 Å². The van der Waals surface area contributed by atoms with Crippen LogP contribution in [0.5, 0.6) is 11.5 Å². The van der Waals surface area contributed by atoms with Gasteiger partial charge in [0.05, 0.1) is 11.0 Å². The van der Waals surface area contributed by atoms with Gasteiger partial charge in [-0.05, 0) is 48.4 Å². The lowest BCUT2D eigenvalue weighted by molar-refractivity contribution is -0.121. The number of H-pyrrole nitrogens is 1. The van der Waals surface area contributed by atoms with Crippen LogP contribution < -0.4 is 10.1 Å². The van der Waals surface area contributed by atoms with Crippen molar-refractivity contribution in [3.63, 3.8) is 0 Å². The number of hydrogen-bond acceptors (Lipinski definition) is 3. The van der Waals surface area contributed by atoms with Crippen LogP contribution in [0.3, 0.4) is 0 Å². The molecule has 0 unspecified atom stereocenters. The molecule has 0 spiro atoms. The minimum absolute atomic E-state index is 0.0375. The molecule has 3 aromatic carbocycles. The van der Waals surface area contributed by atoms with Crippen LogP contribution >= 0.6 is 0 Å². The molecule has 2 N–H and O–H groups in total.